The number of rotatable bonds is 13. The quantitative estimate of drug-likeness (QED) is 0.123. The van der Waals surface area contributed by atoms with Crippen LogP contribution in [0.2, 0.25) is 0 Å². The minimum atomic E-state index is -1.82. The summed E-state index contributed by atoms with van der Waals surface area (Å²) in [6, 6.07) is 9.12. The summed E-state index contributed by atoms with van der Waals surface area (Å²) in [7, 11) is 0. The van der Waals surface area contributed by atoms with Crippen molar-refractivity contribution < 1.29 is 29.6 Å². The average Bonchev–Trinajstić information content (AvgIpc) is 4.01. The van der Waals surface area contributed by atoms with Crippen LogP contribution in [0.15, 0.2) is 39.5 Å². The standard InChI is InChI=1S/C39H49BrN6O6S2/c40-34-11-10-33(54-34)39(51,32-6-2-19-53-32)38(50)52-24-13-17-45(18-14-24)15-3-16-46-37-28-5-1-4-25(28)23(20-29(37)43-44-46)21-41-22-31(48)26-7-9-30(47)36-27(26)8-12-35(49)42-36/h2,6,10-11,19-20,24,26-27,30-31,36,41,47-48,51H,1,3-5,7-9,12-18,21-22H2,(H,42,49)/t26?,27?,30?,31-,36?,39?/m0/s1. The Labute approximate surface area is 331 Å². The summed E-state index contributed by atoms with van der Waals surface area (Å²) in [5, 5.41) is 50.9. The molecule has 5 N–H and O–H groups in total. The number of esters is 1. The second-order valence-electron chi connectivity index (χ2n) is 15.4. The van der Waals surface area contributed by atoms with E-state index in [4.69, 9.17) is 4.74 Å². The normalized spacial score (nSPS) is 25.2. The third kappa shape index (κ3) is 7.67. The van der Waals surface area contributed by atoms with Gasteiger partial charge in [0.2, 0.25) is 11.5 Å². The van der Waals surface area contributed by atoms with Gasteiger partial charge in [-0.15, -0.1) is 27.8 Å². The number of carbonyl (C=O) groups is 2. The number of ether oxygens (including phenoxy) is 1. The zero-order chi connectivity index (χ0) is 37.4. The molecule has 0 bridgehead atoms. The third-order valence-electron chi connectivity index (χ3n) is 12.1. The highest BCUT2D eigenvalue weighted by Crippen LogP contribution is 2.41. The van der Waals surface area contributed by atoms with Crippen molar-refractivity contribution in [2.24, 2.45) is 11.8 Å². The Morgan fingerprint density at radius 1 is 1.09 bits per heavy atom. The summed E-state index contributed by atoms with van der Waals surface area (Å²) >= 11 is 6.14. The number of fused-ring (bicyclic) bond motifs is 4. The highest BCUT2D eigenvalue weighted by molar-refractivity contribution is 9.11. The van der Waals surface area contributed by atoms with Crippen molar-refractivity contribution >= 4 is 61.5 Å². The van der Waals surface area contributed by atoms with E-state index in [0.717, 1.165) is 85.9 Å². The molecule has 1 aromatic carbocycles. The van der Waals surface area contributed by atoms with Crippen molar-refractivity contribution in [3.8, 4) is 0 Å². The van der Waals surface area contributed by atoms with Gasteiger partial charge >= 0.3 is 5.97 Å². The number of halogens is 1. The summed E-state index contributed by atoms with van der Waals surface area (Å²) in [5.74, 6) is -0.478. The Bertz CT molecular complexity index is 1950. The van der Waals surface area contributed by atoms with Gasteiger partial charge in [-0.1, -0.05) is 11.3 Å². The van der Waals surface area contributed by atoms with Gasteiger partial charge in [0, 0.05) is 39.1 Å². The van der Waals surface area contributed by atoms with Crippen molar-refractivity contribution in [3.63, 3.8) is 0 Å². The van der Waals surface area contributed by atoms with Gasteiger partial charge in [-0.2, -0.15) is 0 Å². The number of aromatic nitrogens is 3. The van der Waals surface area contributed by atoms with E-state index >= 15 is 0 Å². The number of hydrogen-bond donors (Lipinski definition) is 5. The summed E-state index contributed by atoms with van der Waals surface area (Å²) in [6.45, 7) is 4.42. The molecule has 1 saturated carbocycles. The first kappa shape index (κ1) is 38.1. The molecule has 4 aromatic rings. The first-order valence-electron chi connectivity index (χ1n) is 19.4. The Kier molecular flexibility index (Phi) is 11.6. The van der Waals surface area contributed by atoms with Crippen LogP contribution in [0.4, 0.5) is 0 Å². The lowest BCUT2D eigenvalue weighted by molar-refractivity contribution is -0.169. The van der Waals surface area contributed by atoms with Crippen LogP contribution in [-0.2, 0) is 45.9 Å². The summed E-state index contributed by atoms with van der Waals surface area (Å²) in [5.41, 5.74) is 4.17. The fourth-order valence-electron chi connectivity index (χ4n) is 9.35. The van der Waals surface area contributed by atoms with E-state index in [1.54, 1.807) is 12.1 Å². The maximum Gasteiger partial charge on any atom is 0.349 e. The minimum Gasteiger partial charge on any atom is -0.460 e. The number of amides is 1. The lowest BCUT2D eigenvalue weighted by Gasteiger charge is -2.45. The van der Waals surface area contributed by atoms with Crippen LogP contribution in [0.3, 0.4) is 0 Å². The van der Waals surface area contributed by atoms with Gasteiger partial charge in [0.1, 0.15) is 11.6 Å². The van der Waals surface area contributed by atoms with Crippen molar-refractivity contribution in [2.75, 3.05) is 26.2 Å². The highest BCUT2D eigenvalue weighted by atomic mass is 79.9. The second kappa shape index (κ2) is 16.4. The summed E-state index contributed by atoms with van der Waals surface area (Å²) in [6.07, 6.45) is 6.68. The van der Waals surface area contributed by atoms with E-state index in [1.165, 1.54) is 39.4 Å². The molecule has 8 rings (SSSR count). The first-order valence-corrected chi connectivity index (χ1v) is 21.9. The molecule has 4 aliphatic rings. The zero-order valence-electron chi connectivity index (χ0n) is 30.3. The van der Waals surface area contributed by atoms with Crippen LogP contribution in [0.1, 0.15) is 77.8 Å². The number of carbonyl (C=O) groups excluding carboxylic acids is 2. The molecular weight excluding hydrogens is 793 g/mol. The Morgan fingerprint density at radius 2 is 1.93 bits per heavy atom. The number of likely N-dealkylation sites (tertiary alicyclic amines) is 1. The monoisotopic (exact) mass is 840 g/mol. The number of piperidine rings is 2. The smallest absolute Gasteiger partial charge is 0.349 e. The number of nitrogens with one attached hydrogen (secondary N) is 2. The molecule has 1 amide bonds. The van der Waals surface area contributed by atoms with Crippen LogP contribution in [-0.4, -0.2) is 97.6 Å². The zero-order valence-corrected chi connectivity index (χ0v) is 33.5. The fraction of sp³-hybridized carbons (Fsp3) is 0.590. The van der Waals surface area contributed by atoms with E-state index in [-0.39, 0.29) is 29.9 Å². The molecule has 5 unspecified atom stereocenters. The van der Waals surface area contributed by atoms with Crippen molar-refractivity contribution in [1.82, 2.24) is 30.5 Å². The molecule has 6 atom stereocenters. The second-order valence-corrected chi connectivity index (χ2v) is 18.8. The molecule has 3 fully saturated rings. The molecular formula is C39H49BrN6O6S2. The predicted octanol–water partition coefficient (Wildman–Crippen LogP) is 4.26. The Hall–Kier alpha value is -2.76. The van der Waals surface area contributed by atoms with Crippen LogP contribution in [0.5, 0.6) is 0 Å². The molecule has 15 heteroatoms. The van der Waals surface area contributed by atoms with Crippen molar-refractivity contribution in [3.05, 3.63) is 65.9 Å². The lowest BCUT2D eigenvalue weighted by Crippen LogP contribution is -2.58. The molecule has 3 aromatic heterocycles. The molecule has 0 radical (unpaired) electrons. The number of aliphatic hydroxyl groups excluding tert-OH is 2. The van der Waals surface area contributed by atoms with Crippen LogP contribution in [0.25, 0.3) is 11.0 Å². The van der Waals surface area contributed by atoms with E-state index in [2.05, 4.69) is 52.5 Å². The molecule has 2 aliphatic carbocycles. The number of hydrogen-bond acceptors (Lipinski definition) is 12. The van der Waals surface area contributed by atoms with Crippen LogP contribution < -0.4 is 10.6 Å². The molecule has 54 heavy (non-hydrogen) atoms. The first-order chi connectivity index (χ1) is 26.2. The molecule has 0 spiro atoms. The Balaban J connectivity index is 0.829. The van der Waals surface area contributed by atoms with Gasteiger partial charge < -0.3 is 35.6 Å². The number of nitrogens with zero attached hydrogens (tertiary/aromatic N) is 4. The lowest BCUT2D eigenvalue weighted by atomic mass is 9.68. The summed E-state index contributed by atoms with van der Waals surface area (Å²) in [4.78, 5) is 29.0. The third-order valence-corrected chi connectivity index (χ3v) is 14.8. The molecule has 290 valence electrons. The van der Waals surface area contributed by atoms with E-state index in [9.17, 15) is 24.9 Å². The van der Waals surface area contributed by atoms with Gasteiger partial charge in [-0.25, -0.2) is 9.48 Å². The molecule has 12 nitrogen and oxygen atoms in total. The molecule has 2 saturated heterocycles. The molecule has 5 heterocycles. The highest BCUT2D eigenvalue weighted by Gasteiger charge is 2.46. The number of aryl methyl sites for hydroxylation is 2. The van der Waals surface area contributed by atoms with Gasteiger partial charge in [-0.05, 0) is 138 Å². The largest absolute Gasteiger partial charge is 0.460 e. The number of thiophene rings is 2. The Morgan fingerprint density at radius 3 is 2.70 bits per heavy atom. The fourth-order valence-corrected chi connectivity index (χ4v) is 11.7. The minimum absolute atomic E-state index is 0.00761. The van der Waals surface area contributed by atoms with Crippen LogP contribution >= 0.6 is 38.6 Å². The van der Waals surface area contributed by atoms with Gasteiger partial charge in [0.05, 0.1) is 37.3 Å². The van der Waals surface area contributed by atoms with E-state index in [1.807, 2.05) is 17.5 Å². The van der Waals surface area contributed by atoms with Gasteiger partial charge in [0.25, 0.3) is 0 Å². The van der Waals surface area contributed by atoms with E-state index in [0.29, 0.717) is 42.1 Å². The number of aliphatic hydroxyl groups is 3. The van der Waals surface area contributed by atoms with Gasteiger partial charge in [0.15, 0.2) is 0 Å². The SMILES string of the molecule is O=C1CCC2C(N1)C(O)CCC2[C@@H](O)CNCc1cc2nnn(CCCN3CCC(OC(=O)C(O)(c4cccs4)c4ccc(Br)s4)CC3)c2c2c1CCC2. The van der Waals surface area contributed by atoms with Crippen molar-refractivity contribution in [1.29, 1.82) is 0 Å². The summed E-state index contributed by atoms with van der Waals surface area (Å²) < 4.78 is 8.88. The average molecular weight is 842 g/mol. The van der Waals surface area contributed by atoms with Crippen molar-refractivity contribution in [2.45, 2.75) is 107 Å². The maximum absolute atomic E-state index is 13.5. The topological polar surface area (TPSA) is 162 Å². The van der Waals surface area contributed by atoms with Gasteiger partial charge in [-0.3, -0.25) is 4.79 Å². The van der Waals surface area contributed by atoms with E-state index < -0.39 is 23.8 Å². The number of benzene rings is 1. The maximum atomic E-state index is 13.5. The van der Waals surface area contributed by atoms with Crippen LogP contribution in [0, 0.1) is 11.8 Å². The predicted molar refractivity (Wildman–Crippen MR) is 210 cm³/mol. The molecule has 2 aliphatic heterocycles.